The highest BCUT2D eigenvalue weighted by atomic mass is 16.2. The van der Waals surface area contributed by atoms with E-state index in [1.807, 2.05) is 42.6 Å². The SMILES string of the molecule is O=C(NC1CC1)c1ccc(-c2cnc3[nH]c(=O)n(-c4ccc5[nH]ccc5c4)c3n2)cc1. The molecular formula is C23H18N6O2. The van der Waals surface area contributed by atoms with Gasteiger partial charge in [-0.3, -0.25) is 9.78 Å². The fraction of sp³-hybridized carbons (Fsp3) is 0.130. The molecule has 2 aromatic carbocycles. The third kappa shape index (κ3) is 3.09. The first-order valence-corrected chi connectivity index (χ1v) is 10.1. The lowest BCUT2D eigenvalue weighted by Gasteiger charge is -2.06. The summed E-state index contributed by atoms with van der Waals surface area (Å²) in [6, 6.07) is 15.3. The first-order chi connectivity index (χ1) is 15.2. The van der Waals surface area contributed by atoms with E-state index in [-0.39, 0.29) is 11.6 Å². The van der Waals surface area contributed by atoms with Gasteiger partial charge < -0.3 is 10.3 Å². The van der Waals surface area contributed by atoms with E-state index in [0.717, 1.165) is 29.3 Å². The molecule has 1 aliphatic rings. The molecule has 6 rings (SSSR count). The van der Waals surface area contributed by atoms with E-state index in [9.17, 15) is 9.59 Å². The van der Waals surface area contributed by atoms with E-state index >= 15 is 0 Å². The molecule has 1 amide bonds. The van der Waals surface area contributed by atoms with Gasteiger partial charge in [0.05, 0.1) is 17.6 Å². The van der Waals surface area contributed by atoms with Crippen LogP contribution >= 0.6 is 0 Å². The van der Waals surface area contributed by atoms with Gasteiger partial charge >= 0.3 is 5.69 Å². The van der Waals surface area contributed by atoms with Crippen LogP contribution in [0.5, 0.6) is 0 Å². The lowest BCUT2D eigenvalue weighted by Crippen LogP contribution is -2.25. The van der Waals surface area contributed by atoms with Gasteiger partial charge in [-0.05, 0) is 49.2 Å². The Bertz CT molecular complexity index is 1500. The minimum absolute atomic E-state index is 0.0600. The van der Waals surface area contributed by atoms with Crippen LogP contribution in [0.15, 0.2) is 65.7 Å². The second-order valence-corrected chi connectivity index (χ2v) is 7.77. The number of nitrogens with one attached hydrogen (secondary N) is 3. The molecule has 0 atom stereocenters. The number of carbonyl (C=O) groups excluding carboxylic acids is 1. The number of amides is 1. The molecule has 8 nitrogen and oxygen atoms in total. The quantitative estimate of drug-likeness (QED) is 0.423. The number of carbonyl (C=O) groups is 1. The zero-order valence-corrected chi connectivity index (χ0v) is 16.4. The highest BCUT2D eigenvalue weighted by Crippen LogP contribution is 2.23. The third-order valence-electron chi connectivity index (χ3n) is 5.54. The Kier molecular flexibility index (Phi) is 3.79. The molecule has 5 aromatic rings. The van der Waals surface area contributed by atoms with E-state index in [2.05, 4.69) is 20.3 Å². The molecule has 0 aliphatic heterocycles. The molecule has 0 bridgehead atoms. The van der Waals surface area contributed by atoms with Crippen molar-refractivity contribution < 1.29 is 4.79 Å². The second kappa shape index (κ2) is 6.66. The molecule has 0 unspecified atom stereocenters. The van der Waals surface area contributed by atoms with Gasteiger partial charge in [0.15, 0.2) is 11.3 Å². The summed E-state index contributed by atoms with van der Waals surface area (Å²) in [5.74, 6) is -0.0600. The smallest absolute Gasteiger partial charge is 0.333 e. The fourth-order valence-electron chi connectivity index (χ4n) is 3.72. The first kappa shape index (κ1) is 17.6. The Hall–Kier alpha value is -4.20. The van der Waals surface area contributed by atoms with Crippen LogP contribution in [0.25, 0.3) is 39.1 Å². The maximum Gasteiger partial charge on any atom is 0.333 e. The van der Waals surface area contributed by atoms with Crippen molar-refractivity contribution >= 4 is 28.1 Å². The van der Waals surface area contributed by atoms with E-state index in [0.29, 0.717) is 34.3 Å². The Morgan fingerprint density at radius 1 is 1.10 bits per heavy atom. The summed E-state index contributed by atoms with van der Waals surface area (Å²) in [5, 5.41) is 3.98. The summed E-state index contributed by atoms with van der Waals surface area (Å²) in [7, 11) is 0. The third-order valence-corrected chi connectivity index (χ3v) is 5.54. The highest BCUT2D eigenvalue weighted by Gasteiger charge is 2.23. The Morgan fingerprint density at radius 2 is 1.94 bits per heavy atom. The van der Waals surface area contributed by atoms with Crippen LogP contribution in [0.4, 0.5) is 0 Å². The minimum Gasteiger partial charge on any atom is -0.361 e. The summed E-state index contributed by atoms with van der Waals surface area (Å²) in [6.07, 6.45) is 5.58. The molecule has 1 saturated carbocycles. The monoisotopic (exact) mass is 410 g/mol. The van der Waals surface area contributed by atoms with Gasteiger partial charge in [-0.15, -0.1) is 0 Å². The Balaban J connectivity index is 1.40. The predicted octanol–water partition coefficient (Wildman–Crippen LogP) is 3.15. The molecule has 0 saturated heterocycles. The zero-order valence-electron chi connectivity index (χ0n) is 16.4. The van der Waals surface area contributed by atoms with Crippen molar-refractivity contribution in [3.05, 3.63) is 77.0 Å². The lowest BCUT2D eigenvalue weighted by atomic mass is 10.1. The molecule has 8 heteroatoms. The number of aromatic amines is 2. The summed E-state index contributed by atoms with van der Waals surface area (Å²) in [5.41, 5.74) is 4.33. The van der Waals surface area contributed by atoms with Crippen molar-refractivity contribution in [3.63, 3.8) is 0 Å². The normalized spacial score (nSPS) is 13.7. The van der Waals surface area contributed by atoms with Gasteiger partial charge in [0.25, 0.3) is 5.91 Å². The van der Waals surface area contributed by atoms with Gasteiger partial charge in [-0.2, -0.15) is 0 Å². The number of hydrogen-bond acceptors (Lipinski definition) is 4. The van der Waals surface area contributed by atoms with Gasteiger partial charge in [-0.25, -0.2) is 19.3 Å². The van der Waals surface area contributed by atoms with Crippen molar-refractivity contribution in [2.45, 2.75) is 18.9 Å². The largest absolute Gasteiger partial charge is 0.361 e. The molecule has 3 N–H and O–H groups in total. The van der Waals surface area contributed by atoms with Crippen molar-refractivity contribution in [2.75, 3.05) is 0 Å². The molecule has 3 heterocycles. The van der Waals surface area contributed by atoms with Crippen LogP contribution in [-0.2, 0) is 0 Å². The molecule has 31 heavy (non-hydrogen) atoms. The number of benzene rings is 2. The molecule has 1 aliphatic carbocycles. The van der Waals surface area contributed by atoms with Crippen molar-refractivity contribution in [2.24, 2.45) is 0 Å². The van der Waals surface area contributed by atoms with E-state index in [4.69, 9.17) is 4.98 Å². The van der Waals surface area contributed by atoms with Gasteiger partial charge in [0, 0.05) is 34.3 Å². The fourth-order valence-corrected chi connectivity index (χ4v) is 3.72. The summed E-state index contributed by atoms with van der Waals surface area (Å²) in [6.45, 7) is 0. The van der Waals surface area contributed by atoms with Crippen molar-refractivity contribution in [3.8, 4) is 16.9 Å². The standard InChI is InChI=1S/C23H18N6O2/c30-22(26-16-5-6-16)14-3-1-13(2-4-14)19-12-25-20-21(27-19)29(23(31)28-20)17-7-8-18-15(11-17)9-10-24-18/h1-4,7-12,16,24H,5-6H2,(H,26,30)(H,25,28,31). The summed E-state index contributed by atoms with van der Waals surface area (Å²) < 4.78 is 1.52. The van der Waals surface area contributed by atoms with Crippen LogP contribution < -0.4 is 11.0 Å². The number of rotatable bonds is 4. The van der Waals surface area contributed by atoms with E-state index < -0.39 is 0 Å². The number of aromatic nitrogens is 5. The van der Waals surface area contributed by atoms with Crippen molar-refractivity contribution in [1.29, 1.82) is 0 Å². The van der Waals surface area contributed by atoms with E-state index in [1.54, 1.807) is 18.3 Å². The number of fused-ring (bicyclic) bond motifs is 2. The van der Waals surface area contributed by atoms with Gasteiger partial charge in [-0.1, -0.05) is 12.1 Å². The molecule has 1 fully saturated rings. The van der Waals surface area contributed by atoms with E-state index in [1.165, 1.54) is 4.57 Å². The summed E-state index contributed by atoms with van der Waals surface area (Å²) >= 11 is 0. The minimum atomic E-state index is -0.297. The molecule has 3 aromatic heterocycles. The first-order valence-electron chi connectivity index (χ1n) is 10.1. The van der Waals surface area contributed by atoms with Crippen LogP contribution in [-0.4, -0.2) is 36.5 Å². The number of H-pyrrole nitrogens is 2. The van der Waals surface area contributed by atoms with Gasteiger partial charge in [0.1, 0.15) is 0 Å². The Labute approximate surface area is 176 Å². The maximum atomic E-state index is 12.6. The molecule has 0 radical (unpaired) electrons. The maximum absolute atomic E-state index is 12.6. The zero-order chi connectivity index (χ0) is 20.9. The average molecular weight is 410 g/mol. The van der Waals surface area contributed by atoms with Crippen LogP contribution in [0, 0.1) is 0 Å². The second-order valence-electron chi connectivity index (χ2n) is 7.77. The van der Waals surface area contributed by atoms with Crippen molar-refractivity contribution in [1.82, 2.24) is 29.8 Å². The summed E-state index contributed by atoms with van der Waals surface area (Å²) in [4.78, 5) is 39.9. The van der Waals surface area contributed by atoms with Gasteiger partial charge in [0.2, 0.25) is 0 Å². The molecule has 152 valence electrons. The van der Waals surface area contributed by atoms with Crippen LogP contribution in [0.3, 0.4) is 0 Å². The number of hydrogen-bond donors (Lipinski definition) is 3. The predicted molar refractivity (Wildman–Crippen MR) is 117 cm³/mol. The van der Waals surface area contributed by atoms with Crippen LogP contribution in [0.2, 0.25) is 0 Å². The lowest BCUT2D eigenvalue weighted by molar-refractivity contribution is 0.0951. The number of imidazole rings is 1. The topological polar surface area (TPSA) is 108 Å². The number of nitrogens with zero attached hydrogens (tertiary/aromatic N) is 3. The van der Waals surface area contributed by atoms with Crippen LogP contribution in [0.1, 0.15) is 23.2 Å². The molecular weight excluding hydrogens is 392 g/mol. The Morgan fingerprint density at radius 3 is 2.74 bits per heavy atom. The molecule has 0 spiro atoms. The highest BCUT2D eigenvalue weighted by molar-refractivity contribution is 5.95. The average Bonchev–Trinajstić information content (AvgIpc) is 3.36.